The number of carbonyl (C=O) groups excluding carboxylic acids is 2. The highest BCUT2D eigenvalue weighted by molar-refractivity contribution is 5.98. The molecule has 4 nitrogen and oxygen atoms in total. The molecule has 0 unspecified atom stereocenters. The summed E-state index contributed by atoms with van der Waals surface area (Å²) in [6.07, 6.45) is 2.62. The first-order valence-corrected chi connectivity index (χ1v) is 9.84. The van der Waals surface area contributed by atoms with Gasteiger partial charge in [-0.15, -0.1) is 12.4 Å². The highest BCUT2D eigenvalue weighted by Gasteiger charge is 2.30. The van der Waals surface area contributed by atoms with Crippen LogP contribution >= 0.6 is 12.4 Å². The lowest BCUT2D eigenvalue weighted by molar-refractivity contribution is -0.119. The molecule has 0 atom stereocenters. The Labute approximate surface area is 172 Å². The van der Waals surface area contributed by atoms with E-state index in [1.54, 1.807) is 0 Å². The number of amides is 1. The second kappa shape index (κ2) is 9.35. The number of Topliss-reactive ketones (excluding diaryl/α,β-unsaturated/α-hetero) is 1. The molecule has 0 spiro atoms. The normalized spacial score (nSPS) is 17.3. The Bertz CT molecular complexity index is 816. The Morgan fingerprint density at radius 2 is 1.64 bits per heavy atom. The average Bonchev–Trinajstić information content (AvgIpc) is 3.00. The fourth-order valence-corrected chi connectivity index (χ4v) is 4.23. The maximum absolute atomic E-state index is 12.5. The topological polar surface area (TPSA) is 40.6 Å². The minimum Gasteiger partial charge on any atom is -0.334 e. The molecule has 2 heterocycles. The van der Waals surface area contributed by atoms with Crippen LogP contribution in [0.25, 0.3) is 0 Å². The van der Waals surface area contributed by atoms with Gasteiger partial charge in [0.1, 0.15) is 0 Å². The average molecular weight is 399 g/mol. The molecule has 2 aromatic carbocycles. The Morgan fingerprint density at radius 1 is 0.964 bits per heavy atom. The van der Waals surface area contributed by atoms with Crippen LogP contribution in [0.3, 0.4) is 0 Å². The maximum Gasteiger partial charge on any atom is 0.254 e. The number of hydrogen-bond donors (Lipinski definition) is 0. The smallest absolute Gasteiger partial charge is 0.254 e. The molecule has 2 aromatic rings. The number of nitrogens with zero attached hydrogens (tertiary/aromatic N) is 2. The molecular weight excluding hydrogens is 372 g/mol. The lowest BCUT2D eigenvalue weighted by Gasteiger charge is -2.33. The minimum absolute atomic E-state index is 0. The number of halogens is 1. The van der Waals surface area contributed by atoms with E-state index in [2.05, 4.69) is 4.90 Å². The minimum atomic E-state index is 0. The van der Waals surface area contributed by atoms with Gasteiger partial charge in [-0.05, 0) is 49.0 Å². The number of likely N-dealkylation sites (tertiary alicyclic amines) is 1. The molecule has 148 valence electrons. The van der Waals surface area contributed by atoms with Gasteiger partial charge in [0.15, 0.2) is 5.78 Å². The summed E-state index contributed by atoms with van der Waals surface area (Å²) in [5, 5.41) is 0. The quantitative estimate of drug-likeness (QED) is 0.746. The van der Waals surface area contributed by atoms with Crippen molar-refractivity contribution in [3.63, 3.8) is 0 Å². The number of piperidine rings is 1. The van der Waals surface area contributed by atoms with Crippen LogP contribution < -0.4 is 0 Å². The maximum atomic E-state index is 12.5. The fraction of sp³-hybridized carbons (Fsp3) is 0.391. The molecule has 1 amide bonds. The number of rotatable bonds is 6. The predicted molar refractivity (Wildman–Crippen MR) is 113 cm³/mol. The molecule has 0 radical (unpaired) electrons. The van der Waals surface area contributed by atoms with Crippen molar-refractivity contribution in [2.24, 2.45) is 5.92 Å². The van der Waals surface area contributed by atoms with Crippen molar-refractivity contribution in [3.8, 4) is 0 Å². The molecule has 0 aliphatic carbocycles. The zero-order valence-corrected chi connectivity index (χ0v) is 16.9. The highest BCUT2D eigenvalue weighted by Crippen LogP contribution is 2.26. The van der Waals surface area contributed by atoms with Gasteiger partial charge in [-0.25, -0.2) is 0 Å². The van der Waals surface area contributed by atoms with Crippen molar-refractivity contribution in [2.75, 3.05) is 26.2 Å². The van der Waals surface area contributed by atoms with E-state index in [1.165, 1.54) is 0 Å². The van der Waals surface area contributed by atoms with E-state index >= 15 is 0 Å². The Kier molecular flexibility index (Phi) is 6.87. The number of benzene rings is 2. The van der Waals surface area contributed by atoms with Gasteiger partial charge in [-0.1, -0.05) is 48.5 Å². The molecule has 1 saturated heterocycles. The lowest BCUT2D eigenvalue weighted by atomic mass is 9.95. The molecule has 4 rings (SSSR count). The lowest BCUT2D eigenvalue weighted by Crippen LogP contribution is -2.41. The first-order chi connectivity index (χ1) is 13.2. The Hall–Kier alpha value is -2.17. The van der Waals surface area contributed by atoms with Gasteiger partial charge in [0.2, 0.25) is 0 Å². The Morgan fingerprint density at radius 3 is 2.36 bits per heavy atom. The Balaban J connectivity index is 0.00000225. The van der Waals surface area contributed by atoms with Gasteiger partial charge in [-0.3, -0.25) is 14.5 Å². The van der Waals surface area contributed by atoms with Crippen LogP contribution in [0.15, 0.2) is 54.6 Å². The molecule has 0 bridgehead atoms. The molecule has 2 aliphatic rings. The monoisotopic (exact) mass is 398 g/mol. The molecule has 28 heavy (non-hydrogen) atoms. The highest BCUT2D eigenvalue weighted by atomic mass is 35.5. The summed E-state index contributed by atoms with van der Waals surface area (Å²) in [5.74, 6) is 0.986. The molecule has 0 N–H and O–H groups in total. The number of hydrogen-bond acceptors (Lipinski definition) is 3. The molecule has 5 heteroatoms. The van der Waals surface area contributed by atoms with Crippen LogP contribution in [0, 0.1) is 5.92 Å². The van der Waals surface area contributed by atoms with Crippen LogP contribution in [0.4, 0.5) is 0 Å². The van der Waals surface area contributed by atoms with E-state index in [1.807, 2.05) is 59.5 Å². The van der Waals surface area contributed by atoms with Crippen molar-refractivity contribution < 1.29 is 9.59 Å². The van der Waals surface area contributed by atoms with Crippen LogP contribution in [0.1, 0.15) is 34.3 Å². The summed E-state index contributed by atoms with van der Waals surface area (Å²) >= 11 is 0. The van der Waals surface area contributed by atoms with Crippen molar-refractivity contribution in [3.05, 3.63) is 71.3 Å². The predicted octanol–water partition coefficient (Wildman–Crippen LogP) is 3.59. The molecular formula is C23H27ClN2O2. The summed E-state index contributed by atoms with van der Waals surface area (Å²) in [6, 6.07) is 17.9. The second-order valence-corrected chi connectivity index (χ2v) is 7.76. The number of ketones is 1. The summed E-state index contributed by atoms with van der Waals surface area (Å²) in [6.45, 7) is 4.00. The van der Waals surface area contributed by atoms with Crippen molar-refractivity contribution in [2.45, 2.75) is 25.8 Å². The van der Waals surface area contributed by atoms with Crippen molar-refractivity contribution >= 4 is 24.1 Å². The first kappa shape index (κ1) is 20.6. The molecule has 0 saturated carbocycles. The van der Waals surface area contributed by atoms with E-state index in [9.17, 15) is 9.59 Å². The molecule has 0 aromatic heterocycles. The summed E-state index contributed by atoms with van der Waals surface area (Å²) < 4.78 is 0. The zero-order valence-electron chi connectivity index (χ0n) is 16.0. The van der Waals surface area contributed by atoms with Gasteiger partial charge >= 0.3 is 0 Å². The fourth-order valence-electron chi connectivity index (χ4n) is 4.23. The zero-order chi connectivity index (χ0) is 18.6. The van der Waals surface area contributed by atoms with Crippen LogP contribution in [0.5, 0.6) is 0 Å². The third-order valence-corrected chi connectivity index (χ3v) is 5.73. The van der Waals surface area contributed by atoms with Gasteiger partial charge in [0.05, 0.1) is 6.54 Å². The summed E-state index contributed by atoms with van der Waals surface area (Å²) in [7, 11) is 0. The van der Waals surface area contributed by atoms with Crippen LogP contribution in [-0.2, 0) is 17.8 Å². The molecule has 2 aliphatic heterocycles. The third-order valence-electron chi connectivity index (χ3n) is 5.73. The van der Waals surface area contributed by atoms with E-state index in [0.717, 1.165) is 55.7 Å². The number of carbonyl (C=O) groups is 2. The van der Waals surface area contributed by atoms with E-state index < -0.39 is 0 Å². The number of fused-ring (bicyclic) bond motifs is 1. The third kappa shape index (κ3) is 4.81. The van der Waals surface area contributed by atoms with Gasteiger partial charge < -0.3 is 4.90 Å². The van der Waals surface area contributed by atoms with E-state index in [4.69, 9.17) is 0 Å². The van der Waals surface area contributed by atoms with Gasteiger partial charge in [0, 0.05) is 25.1 Å². The van der Waals surface area contributed by atoms with Crippen molar-refractivity contribution in [1.29, 1.82) is 0 Å². The van der Waals surface area contributed by atoms with E-state index in [0.29, 0.717) is 18.9 Å². The SMILES string of the molecule is Cl.O=C(Cc1ccccc1)CN1CCC(CN2Cc3ccccc3C2=O)CC1. The first-order valence-electron chi connectivity index (χ1n) is 9.84. The van der Waals surface area contributed by atoms with Gasteiger partial charge in [-0.2, -0.15) is 0 Å². The van der Waals surface area contributed by atoms with Crippen LogP contribution in [0.2, 0.25) is 0 Å². The standard InChI is InChI=1S/C23H26N2O2.ClH/c26-21(14-18-6-2-1-3-7-18)17-24-12-10-19(11-13-24)15-25-16-20-8-4-5-9-22(20)23(25)27;/h1-9,19H,10-17H2;1H. The largest absolute Gasteiger partial charge is 0.334 e. The molecule has 1 fully saturated rings. The van der Waals surface area contributed by atoms with Crippen LogP contribution in [-0.4, -0.2) is 47.7 Å². The summed E-state index contributed by atoms with van der Waals surface area (Å²) in [4.78, 5) is 29.1. The van der Waals surface area contributed by atoms with E-state index in [-0.39, 0.29) is 24.1 Å². The van der Waals surface area contributed by atoms with Crippen molar-refractivity contribution in [1.82, 2.24) is 9.80 Å². The summed E-state index contributed by atoms with van der Waals surface area (Å²) in [5.41, 5.74) is 3.09. The van der Waals surface area contributed by atoms with Gasteiger partial charge in [0.25, 0.3) is 5.91 Å². The second-order valence-electron chi connectivity index (χ2n) is 7.76.